The Hall–Kier alpha value is -1.14. The first-order chi connectivity index (χ1) is 7.60. The Bertz CT molecular complexity index is 354. The Morgan fingerprint density at radius 3 is 2.88 bits per heavy atom. The number of ether oxygens (including phenoxy) is 2. The number of hydrogen-bond acceptors (Lipinski definition) is 6. The maximum atomic E-state index is 11.2. The second-order valence-electron chi connectivity index (χ2n) is 3.42. The Morgan fingerprint density at radius 2 is 2.31 bits per heavy atom. The van der Waals surface area contributed by atoms with E-state index in [1.165, 1.54) is 18.4 Å². The molecule has 1 rings (SSSR count). The highest BCUT2D eigenvalue weighted by Gasteiger charge is 2.16. The predicted molar refractivity (Wildman–Crippen MR) is 63.2 cm³/mol. The topological polar surface area (TPSA) is 51.7 Å². The molecule has 0 aliphatic carbocycles. The van der Waals surface area contributed by atoms with Crippen molar-refractivity contribution in [1.29, 1.82) is 0 Å². The maximum Gasteiger partial charge on any atom is 0.357 e. The SMILES string of the molecule is COCC(C)N(C)c1nc(C(=O)OC)cs1. The molecule has 1 unspecified atom stereocenters. The summed E-state index contributed by atoms with van der Waals surface area (Å²) in [6.07, 6.45) is 0. The zero-order valence-electron chi connectivity index (χ0n) is 9.89. The van der Waals surface area contributed by atoms with E-state index >= 15 is 0 Å². The monoisotopic (exact) mass is 244 g/mol. The molecule has 0 radical (unpaired) electrons. The van der Waals surface area contributed by atoms with Crippen LogP contribution in [0.1, 0.15) is 17.4 Å². The van der Waals surface area contributed by atoms with E-state index in [-0.39, 0.29) is 6.04 Å². The van der Waals surface area contributed by atoms with Crippen LogP contribution in [0.25, 0.3) is 0 Å². The Kier molecular flexibility index (Phi) is 4.70. The fourth-order valence-electron chi connectivity index (χ4n) is 1.17. The second-order valence-corrected chi connectivity index (χ2v) is 4.26. The largest absolute Gasteiger partial charge is 0.464 e. The molecular weight excluding hydrogens is 228 g/mol. The number of methoxy groups -OCH3 is 2. The average molecular weight is 244 g/mol. The number of hydrogen-bond donors (Lipinski definition) is 0. The van der Waals surface area contributed by atoms with Crippen molar-refractivity contribution < 1.29 is 14.3 Å². The first-order valence-electron chi connectivity index (χ1n) is 4.85. The van der Waals surface area contributed by atoms with Gasteiger partial charge in [-0.2, -0.15) is 0 Å². The van der Waals surface area contributed by atoms with E-state index in [0.29, 0.717) is 12.3 Å². The summed E-state index contributed by atoms with van der Waals surface area (Å²) in [5.41, 5.74) is 0.346. The van der Waals surface area contributed by atoms with Gasteiger partial charge in [0.2, 0.25) is 0 Å². The molecule has 0 spiro atoms. The van der Waals surface area contributed by atoms with Crippen molar-refractivity contribution in [2.45, 2.75) is 13.0 Å². The summed E-state index contributed by atoms with van der Waals surface area (Å²) in [6, 6.07) is 0.210. The molecule has 0 aromatic carbocycles. The van der Waals surface area contributed by atoms with Crippen LogP contribution in [0.5, 0.6) is 0 Å². The van der Waals surface area contributed by atoms with Gasteiger partial charge in [-0.1, -0.05) is 0 Å². The zero-order chi connectivity index (χ0) is 12.1. The highest BCUT2D eigenvalue weighted by Crippen LogP contribution is 2.21. The molecule has 90 valence electrons. The van der Waals surface area contributed by atoms with Crippen LogP contribution in [0, 0.1) is 0 Å². The predicted octanol–water partition coefficient (Wildman–Crippen LogP) is 1.40. The molecule has 0 saturated carbocycles. The van der Waals surface area contributed by atoms with Gasteiger partial charge in [0.25, 0.3) is 0 Å². The highest BCUT2D eigenvalue weighted by molar-refractivity contribution is 7.13. The van der Waals surface area contributed by atoms with Gasteiger partial charge in [-0.15, -0.1) is 11.3 Å². The molecule has 16 heavy (non-hydrogen) atoms. The van der Waals surface area contributed by atoms with Crippen molar-refractivity contribution in [3.05, 3.63) is 11.1 Å². The molecule has 0 amide bonds. The Labute approximate surface area is 99.0 Å². The van der Waals surface area contributed by atoms with E-state index in [9.17, 15) is 4.79 Å². The minimum absolute atomic E-state index is 0.210. The number of carbonyl (C=O) groups is 1. The molecule has 1 heterocycles. The van der Waals surface area contributed by atoms with Crippen molar-refractivity contribution in [1.82, 2.24) is 4.98 Å². The number of likely N-dealkylation sites (N-methyl/N-ethyl adjacent to an activating group) is 1. The molecule has 0 saturated heterocycles. The lowest BCUT2D eigenvalue weighted by Gasteiger charge is -2.23. The number of anilines is 1. The molecule has 1 atom stereocenters. The number of carbonyl (C=O) groups excluding carboxylic acids is 1. The molecule has 0 aliphatic heterocycles. The lowest BCUT2D eigenvalue weighted by Crippen LogP contribution is -2.32. The van der Waals surface area contributed by atoms with Gasteiger partial charge in [0.1, 0.15) is 0 Å². The summed E-state index contributed by atoms with van der Waals surface area (Å²) in [5, 5.41) is 2.47. The molecule has 6 heteroatoms. The molecule has 5 nitrogen and oxygen atoms in total. The van der Waals surface area contributed by atoms with Crippen LogP contribution in [0.3, 0.4) is 0 Å². The third kappa shape index (κ3) is 2.93. The summed E-state index contributed by atoms with van der Waals surface area (Å²) >= 11 is 1.41. The van der Waals surface area contributed by atoms with E-state index in [2.05, 4.69) is 9.72 Å². The van der Waals surface area contributed by atoms with E-state index in [1.54, 1.807) is 12.5 Å². The summed E-state index contributed by atoms with van der Waals surface area (Å²) in [7, 11) is 4.92. The van der Waals surface area contributed by atoms with Gasteiger partial charge in [-0.05, 0) is 6.92 Å². The van der Waals surface area contributed by atoms with E-state index in [1.807, 2.05) is 18.9 Å². The van der Waals surface area contributed by atoms with Crippen LogP contribution in [-0.2, 0) is 9.47 Å². The van der Waals surface area contributed by atoms with Crippen molar-refractivity contribution >= 4 is 22.4 Å². The first kappa shape index (κ1) is 12.9. The molecule has 1 aromatic rings. The molecule has 1 aromatic heterocycles. The number of esters is 1. The normalized spacial score (nSPS) is 12.2. The summed E-state index contributed by atoms with van der Waals surface area (Å²) < 4.78 is 9.66. The summed E-state index contributed by atoms with van der Waals surface area (Å²) in [4.78, 5) is 17.4. The maximum absolute atomic E-state index is 11.2. The van der Waals surface area contributed by atoms with Gasteiger partial charge in [0.05, 0.1) is 19.8 Å². The average Bonchev–Trinajstić information content (AvgIpc) is 2.76. The van der Waals surface area contributed by atoms with Gasteiger partial charge < -0.3 is 14.4 Å². The highest BCUT2D eigenvalue weighted by atomic mass is 32.1. The molecule has 0 N–H and O–H groups in total. The molecule has 0 fully saturated rings. The van der Waals surface area contributed by atoms with E-state index < -0.39 is 5.97 Å². The standard InChI is InChI=1S/C10H16N2O3S/c1-7(5-14-3)12(2)10-11-8(6-16-10)9(13)15-4/h6-7H,5H2,1-4H3. The van der Waals surface area contributed by atoms with Crippen molar-refractivity contribution in [3.63, 3.8) is 0 Å². The van der Waals surface area contributed by atoms with Gasteiger partial charge in [-0.3, -0.25) is 0 Å². The second kappa shape index (κ2) is 5.81. The zero-order valence-corrected chi connectivity index (χ0v) is 10.7. The molecule has 0 aliphatic rings. The number of thiazole rings is 1. The van der Waals surface area contributed by atoms with Crippen LogP contribution in [-0.4, -0.2) is 44.9 Å². The van der Waals surface area contributed by atoms with Crippen LogP contribution < -0.4 is 4.90 Å². The van der Waals surface area contributed by atoms with E-state index in [4.69, 9.17) is 4.74 Å². The Balaban J connectivity index is 2.73. The van der Waals surface area contributed by atoms with Crippen molar-refractivity contribution in [2.75, 3.05) is 32.8 Å². The first-order valence-corrected chi connectivity index (χ1v) is 5.73. The van der Waals surface area contributed by atoms with E-state index in [0.717, 1.165) is 5.13 Å². The van der Waals surface area contributed by atoms with Gasteiger partial charge in [0, 0.05) is 19.5 Å². The number of rotatable bonds is 5. The van der Waals surface area contributed by atoms with Gasteiger partial charge >= 0.3 is 5.97 Å². The fourth-order valence-corrected chi connectivity index (χ4v) is 2.03. The van der Waals surface area contributed by atoms with Crippen LogP contribution >= 0.6 is 11.3 Å². The van der Waals surface area contributed by atoms with Crippen LogP contribution in [0.4, 0.5) is 5.13 Å². The third-order valence-corrected chi connectivity index (χ3v) is 3.19. The minimum Gasteiger partial charge on any atom is -0.464 e. The lowest BCUT2D eigenvalue weighted by atomic mass is 10.3. The van der Waals surface area contributed by atoms with Gasteiger partial charge in [0.15, 0.2) is 10.8 Å². The smallest absolute Gasteiger partial charge is 0.357 e. The Morgan fingerprint density at radius 1 is 1.62 bits per heavy atom. The van der Waals surface area contributed by atoms with Crippen LogP contribution in [0.15, 0.2) is 5.38 Å². The van der Waals surface area contributed by atoms with Crippen molar-refractivity contribution in [3.8, 4) is 0 Å². The quantitative estimate of drug-likeness (QED) is 0.733. The summed E-state index contributed by atoms with van der Waals surface area (Å²) in [5.74, 6) is -0.407. The van der Waals surface area contributed by atoms with Gasteiger partial charge in [-0.25, -0.2) is 9.78 Å². The number of nitrogens with zero attached hydrogens (tertiary/aromatic N) is 2. The minimum atomic E-state index is -0.407. The lowest BCUT2D eigenvalue weighted by molar-refractivity contribution is 0.0595. The van der Waals surface area contributed by atoms with Crippen molar-refractivity contribution in [2.24, 2.45) is 0 Å². The number of aromatic nitrogens is 1. The molecule has 0 bridgehead atoms. The molecular formula is C10H16N2O3S. The fraction of sp³-hybridized carbons (Fsp3) is 0.600. The van der Waals surface area contributed by atoms with Crippen LogP contribution in [0.2, 0.25) is 0 Å². The third-order valence-electron chi connectivity index (χ3n) is 2.26. The summed E-state index contributed by atoms with van der Waals surface area (Å²) in [6.45, 7) is 2.65.